The fraction of sp³-hybridized carbons (Fsp3) is 0.133. The van der Waals surface area contributed by atoms with Crippen LogP contribution in [0.4, 0.5) is 0 Å². The summed E-state index contributed by atoms with van der Waals surface area (Å²) in [5.74, 6) is 0. The van der Waals surface area contributed by atoms with E-state index >= 15 is 0 Å². The summed E-state index contributed by atoms with van der Waals surface area (Å²) in [6.07, 6.45) is 1.96. The molecule has 3 aromatic rings. The average Bonchev–Trinajstić information content (AvgIpc) is 2.86. The lowest BCUT2D eigenvalue weighted by atomic mass is 10.1. The van der Waals surface area contributed by atoms with Gasteiger partial charge in [0, 0.05) is 16.5 Å². The van der Waals surface area contributed by atoms with Gasteiger partial charge in [-0.3, -0.25) is 4.98 Å². The molecule has 1 N–H and O–H groups in total. The Balaban J connectivity index is 2.06. The summed E-state index contributed by atoms with van der Waals surface area (Å²) in [6, 6.07) is 14.8. The number of hydrogen-bond donors (Lipinski definition) is 1. The molecular formula is C15H13BrN2S. The highest BCUT2D eigenvalue weighted by Gasteiger charge is 2.14. The maximum atomic E-state index is 4.54. The average molecular weight is 333 g/mol. The van der Waals surface area contributed by atoms with E-state index in [0.717, 1.165) is 9.30 Å². The van der Waals surface area contributed by atoms with E-state index in [1.807, 2.05) is 31.4 Å². The van der Waals surface area contributed by atoms with Gasteiger partial charge >= 0.3 is 0 Å². The molecule has 0 aliphatic heterocycles. The number of halogens is 1. The lowest BCUT2D eigenvalue weighted by Gasteiger charge is -2.15. The van der Waals surface area contributed by atoms with Gasteiger partial charge in [-0.25, -0.2) is 0 Å². The molecule has 19 heavy (non-hydrogen) atoms. The molecule has 0 amide bonds. The molecule has 1 unspecified atom stereocenters. The Morgan fingerprint density at radius 3 is 2.79 bits per heavy atom. The first-order chi connectivity index (χ1) is 9.28. The second kappa shape index (κ2) is 5.41. The zero-order chi connectivity index (χ0) is 13.2. The van der Waals surface area contributed by atoms with Crippen LogP contribution in [0, 0.1) is 0 Å². The number of pyridine rings is 1. The van der Waals surface area contributed by atoms with E-state index < -0.39 is 0 Å². The summed E-state index contributed by atoms with van der Waals surface area (Å²) in [5.41, 5.74) is 2.23. The molecule has 1 atom stereocenters. The molecule has 0 aliphatic carbocycles. The Bertz CT molecular complexity index is 708. The van der Waals surface area contributed by atoms with Crippen molar-refractivity contribution >= 4 is 38.2 Å². The normalized spacial score (nSPS) is 12.7. The smallest absolute Gasteiger partial charge is 0.0702 e. The van der Waals surface area contributed by atoms with Gasteiger partial charge in [0.1, 0.15) is 0 Å². The molecule has 0 radical (unpaired) electrons. The molecule has 0 aliphatic rings. The molecule has 1 aromatic carbocycles. The molecular weight excluding hydrogens is 320 g/mol. The van der Waals surface area contributed by atoms with Gasteiger partial charge in [0.15, 0.2) is 0 Å². The molecule has 4 heteroatoms. The fourth-order valence-corrected chi connectivity index (χ4v) is 3.76. The lowest BCUT2D eigenvalue weighted by molar-refractivity contribution is 0.702. The van der Waals surface area contributed by atoms with Crippen molar-refractivity contribution in [3.05, 3.63) is 62.9 Å². The number of nitrogens with zero attached hydrogens (tertiary/aromatic N) is 1. The Labute approximate surface area is 124 Å². The van der Waals surface area contributed by atoms with E-state index in [4.69, 9.17) is 0 Å². The zero-order valence-electron chi connectivity index (χ0n) is 10.4. The van der Waals surface area contributed by atoms with Crippen LogP contribution in [0.2, 0.25) is 0 Å². The third-order valence-electron chi connectivity index (χ3n) is 3.11. The highest BCUT2D eigenvalue weighted by atomic mass is 79.9. The number of thiophene rings is 1. The van der Waals surface area contributed by atoms with Gasteiger partial charge in [0.05, 0.1) is 15.3 Å². The molecule has 0 saturated heterocycles. The number of rotatable bonds is 3. The first-order valence-electron chi connectivity index (χ1n) is 6.05. The van der Waals surface area contributed by atoms with E-state index in [1.165, 1.54) is 15.8 Å². The molecule has 0 spiro atoms. The first-order valence-corrected chi connectivity index (χ1v) is 7.66. The molecule has 0 saturated carbocycles. The highest BCUT2D eigenvalue weighted by Crippen LogP contribution is 2.31. The van der Waals surface area contributed by atoms with Crippen LogP contribution >= 0.6 is 27.3 Å². The number of fused-ring (bicyclic) bond motifs is 1. The summed E-state index contributed by atoms with van der Waals surface area (Å²) in [5, 5.41) is 4.54. The van der Waals surface area contributed by atoms with Crippen LogP contribution in [-0.2, 0) is 0 Å². The standard InChI is InChI=1S/C15H13BrN2S/c1-17-15(13-6-7-14(16)19-13)11-8-10-4-2-3-5-12(10)18-9-11/h2-9,15,17H,1H3. The third-order valence-corrected chi connectivity index (χ3v) is 4.80. The molecule has 2 nitrogen and oxygen atoms in total. The molecule has 0 bridgehead atoms. The maximum absolute atomic E-state index is 4.54. The molecule has 2 heterocycles. The van der Waals surface area contributed by atoms with Gasteiger partial charge in [0.2, 0.25) is 0 Å². The molecule has 96 valence electrons. The van der Waals surface area contributed by atoms with Crippen LogP contribution < -0.4 is 5.32 Å². The van der Waals surface area contributed by atoms with Crippen molar-refractivity contribution in [3.8, 4) is 0 Å². The van der Waals surface area contributed by atoms with Gasteiger partial charge in [-0.2, -0.15) is 0 Å². The predicted octanol–water partition coefficient (Wildman–Crippen LogP) is 4.37. The largest absolute Gasteiger partial charge is 0.309 e. The van der Waals surface area contributed by atoms with Crippen molar-refractivity contribution in [3.63, 3.8) is 0 Å². The van der Waals surface area contributed by atoms with E-state index in [9.17, 15) is 0 Å². The van der Waals surface area contributed by atoms with Gasteiger partial charge in [0.25, 0.3) is 0 Å². The monoisotopic (exact) mass is 332 g/mol. The molecule has 0 fully saturated rings. The second-order valence-corrected chi connectivity index (χ2v) is 6.82. The van der Waals surface area contributed by atoms with Gasteiger partial charge in [-0.05, 0) is 52.8 Å². The minimum atomic E-state index is 0.188. The van der Waals surface area contributed by atoms with Crippen molar-refractivity contribution in [2.75, 3.05) is 7.05 Å². The first kappa shape index (κ1) is 12.8. The van der Waals surface area contributed by atoms with E-state index in [-0.39, 0.29) is 6.04 Å². The summed E-state index contributed by atoms with van der Waals surface area (Å²) in [4.78, 5) is 5.82. The number of aromatic nitrogens is 1. The van der Waals surface area contributed by atoms with Crippen LogP contribution in [0.5, 0.6) is 0 Å². The zero-order valence-corrected chi connectivity index (χ0v) is 12.8. The Hall–Kier alpha value is -1.23. The number of benzene rings is 1. The summed E-state index contributed by atoms with van der Waals surface area (Å²) in [7, 11) is 1.98. The minimum Gasteiger partial charge on any atom is -0.309 e. The van der Waals surface area contributed by atoms with Crippen LogP contribution in [0.15, 0.2) is 52.4 Å². The van der Waals surface area contributed by atoms with Crippen molar-refractivity contribution in [2.24, 2.45) is 0 Å². The Kier molecular flexibility index (Phi) is 3.64. The van der Waals surface area contributed by atoms with E-state index in [0.29, 0.717) is 0 Å². The summed E-state index contributed by atoms with van der Waals surface area (Å²) < 4.78 is 1.15. The van der Waals surface area contributed by atoms with Crippen LogP contribution in [0.3, 0.4) is 0 Å². The van der Waals surface area contributed by atoms with Crippen LogP contribution in [-0.4, -0.2) is 12.0 Å². The van der Waals surface area contributed by atoms with Gasteiger partial charge in [-0.1, -0.05) is 18.2 Å². The van der Waals surface area contributed by atoms with E-state index in [1.54, 1.807) is 11.3 Å². The summed E-state index contributed by atoms with van der Waals surface area (Å²) >= 11 is 5.26. The van der Waals surface area contributed by atoms with Crippen molar-refractivity contribution in [2.45, 2.75) is 6.04 Å². The van der Waals surface area contributed by atoms with Gasteiger partial charge < -0.3 is 5.32 Å². The minimum absolute atomic E-state index is 0.188. The number of hydrogen-bond acceptors (Lipinski definition) is 3. The fourth-order valence-electron chi connectivity index (χ4n) is 2.20. The molecule has 3 rings (SSSR count). The SMILES string of the molecule is CNC(c1cnc2ccccc2c1)c1ccc(Br)s1. The van der Waals surface area contributed by atoms with Crippen LogP contribution in [0.1, 0.15) is 16.5 Å². The van der Waals surface area contributed by atoms with Gasteiger partial charge in [-0.15, -0.1) is 11.3 Å². The topological polar surface area (TPSA) is 24.9 Å². The Morgan fingerprint density at radius 1 is 1.21 bits per heavy atom. The van der Waals surface area contributed by atoms with E-state index in [2.05, 4.69) is 50.5 Å². The summed E-state index contributed by atoms with van der Waals surface area (Å²) in [6.45, 7) is 0. The van der Waals surface area contributed by atoms with Crippen molar-refractivity contribution in [1.29, 1.82) is 0 Å². The maximum Gasteiger partial charge on any atom is 0.0702 e. The highest BCUT2D eigenvalue weighted by molar-refractivity contribution is 9.11. The number of nitrogens with one attached hydrogen (secondary N) is 1. The third kappa shape index (κ3) is 2.56. The lowest BCUT2D eigenvalue weighted by Crippen LogP contribution is -2.16. The Morgan fingerprint density at radius 2 is 2.05 bits per heavy atom. The second-order valence-electron chi connectivity index (χ2n) is 4.32. The van der Waals surface area contributed by atoms with Crippen molar-refractivity contribution < 1.29 is 0 Å². The number of para-hydroxylation sites is 1. The van der Waals surface area contributed by atoms with Crippen molar-refractivity contribution in [1.82, 2.24) is 10.3 Å². The van der Waals surface area contributed by atoms with Crippen LogP contribution in [0.25, 0.3) is 10.9 Å². The predicted molar refractivity (Wildman–Crippen MR) is 84.7 cm³/mol. The quantitative estimate of drug-likeness (QED) is 0.770. The molecule has 2 aromatic heterocycles.